The molecule has 0 aliphatic carbocycles. The molecule has 0 unspecified atom stereocenters. The van der Waals surface area contributed by atoms with Crippen molar-refractivity contribution in [3.63, 3.8) is 0 Å². The number of hydrogen-bond acceptors (Lipinski definition) is 2. The molecular weight excluding hydrogens is 396 g/mol. The van der Waals surface area contributed by atoms with Crippen LogP contribution in [0.25, 0.3) is 32.7 Å². The minimum Gasteiger partial charge on any atom is -0.321 e. The van der Waals surface area contributed by atoms with Gasteiger partial charge in [0.25, 0.3) is 0 Å². The summed E-state index contributed by atoms with van der Waals surface area (Å²) in [5.74, 6) is 0. The summed E-state index contributed by atoms with van der Waals surface area (Å²) < 4.78 is 26.5. The fourth-order valence-corrected chi connectivity index (χ4v) is 6.04. The third-order valence-electron chi connectivity index (χ3n) is 4.99. The second-order valence-corrected chi connectivity index (χ2v) is 14.2. The van der Waals surface area contributed by atoms with E-state index in [9.17, 15) is 9.13 Å². The van der Waals surface area contributed by atoms with Crippen LogP contribution in [-0.2, 0) is 9.13 Å². The first-order valence-corrected chi connectivity index (χ1v) is 14.4. The Hall–Kier alpha value is -0.945. The third-order valence-corrected chi connectivity index (χ3v) is 7.85. The molecule has 0 N–H and O–H groups in total. The molecule has 0 aromatic heterocycles. The predicted octanol–water partition coefficient (Wildman–Crippen LogP) is -0.236. The second kappa shape index (κ2) is 9.27. The quantitative estimate of drug-likeness (QED) is 0.262. The summed E-state index contributed by atoms with van der Waals surface area (Å²) in [6.07, 6.45) is 0. The molecule has 0 saturated carbocycles. The third kappa shape index (κ3) is 4.62. The summed E-state index contributed by atoms with van der Waals surface area (Å²) in [6.45, 7) is 7.07. The SMILES string of the molecule is CP(C)(=O)c1[c-]cc2ccccc2c1-c1c(P(C)(C)=O)[c-]cc2ccccc12.[Li+].[Li+]. The van der Waals surface area contributed by atoms with Gasteiger partial charge in [0.05, 0.1) is 14.3 Å². The van der Waals surface area contributed by atoms with Crippen LogP contribution in [0.15, 0.2) is 60.7 Å². The molecule has 0 aliphatic heterocycles. The van der Waals surface area contributed by atoms with Gasteiger partial charge >= 0.3 is 37.7 Å². The van der Waals surface area contributed by atoms with Crippen LogP contribution < -0.4 is 48.3 Å². The van der Waals surface area contributed by atoms with Crippen molar-refractivity contribution in [3.05, 3.63) is 72.8 Å². The maximum Gasteiger partial charge on any atom is 1.00 e. The average Bonchev–Trinajstić information content (AvgIpc) is 2.64. The molecule has 0 bridgehead atoms. The van der Waals surface area contributed by atoms with Crippen LogP contribution in [0.3, 0.4) is 0 Å². The Kier molecular flexibility index (Phi) is 7.83. The molecule has 6 heteroatoms. The zero-order valence-corrected chi connectivity index (χ0v) is 20.3. The average molecular weight is 418 g/mol. The van der Waals surface area contributed by atoms with E-state index in [2.05, 4.69) is 12.1 Å². The van der Waals surface area contributed by atoms with E-state index in [4.69, 9.17) is 0 Å². The summed E-state index contributed by atoms with van der Waals surface area (Å²) >= 11 is 0. The van der Waals surface area contributed by atoms with Crippen molar-refractivity contribution in [1.82, 2.24) is 0 Å². The van der Waals surface area contributed by atoms with E-state index >= 15 is 0 Å². The first-order valence-electron chi connectivity index (χ1n) is 9.16. The monoisotopic (exact) mass is 418 g/mol. The number of hydrogen-bond donors (Lipinski definition) is 0. The maximum atomic E-state index is 13.2. The summed E-state index contributed by atoms with van der Waals surface area (Å²) in [5.41, 5.74) is 1.75. The van der Waals surface area contributed by atoms with Crippen molar-refractivity contribution in [2.24, 2.45) is 0 Å². The molecule has 0 heterocycles. The topological polar surface area (TPSA) is 34.1 Å². The van der Waals surface area contributed by atoms with E-state index in [0.29, 0.717) is 10.6 Å². The van der Waals surface area contributed by atoms with Gasteiger partial charge in [-0.05, 0) is 26.7 Å². The van der Waals surface area contributed by atoms with Crippen LogP contribution in [0.1, 0.15) is 0 Å². The Labute approximate surface area is 202 Å². The van der Waals surface area contributed by atoms with Crippen molar-refractivity contribution in [3.8, 4) is 11.1 Å². The van der Waals surface area contributed by atoms with Gasteiger partial charge in [0.1, 0.15) is 0 Å². The molecule has 0 radical (unpaired) electrons. The van der Waals surface area contributed by atoms with Crippen molar-refractivity contribution in [2.75, 3.05) is 26.7 Å². The van der Waals surface area contributed by atoms with E-state index in [0.717, 1.165) is 32.7 Å². The molecule has 0 spiro atoms. The van der Waals surface area contributed by atoms with Gasteiger partial charge in [0.15, 0.2) is 0 Å². The molecule has 4 aromatic rings. The van der Waals surface area contributed by atoms with Crippen molar-refractivity contribution in [1.29, 1.82) is 0 Å². The maximum absolute atomic E-state index is 13.2. The van der Waals surface area contributed by atoms with E-state index in [1.54, 1.807) is 26.7 Å². The standard InChI is InChI=1S/C24H22O2P2.2Li/c1-27(2,25)21-15-13-17-9-5-7-11-19(17)23(21)24-20-12-8-6-10-18(20)14-16-22(24)28(3,4)26;;/h5-14H,1-4H3;;/q-2;2*+1. The van der Waals surface area contributed by atoms with Gasteiger partial charge in [0, 0.05) is 0 Å². The molecule has 0 amide bonds. The summed E-state index contributed by atoms with van der Waals surface area (Å²) in [7, 11) is -5.27. The Bertz CT molecular complexity index is 1220. The van der Waals surface area contributed by atoms with Gasteiger partial charge in [-0.25, -0.2) is 0 Å². The zero-order chi connectivity index (χ0) is 20.1. The molecular formula is C24H22Li2O2P2. The molecule has 0 aliphatic rings. The van der Waals surface area contributed by atoms with Gasteiger partial charge in [-0.1, -0.05) is 36.4 Å². The Morgan fingerprint density at radius 1 is 0.600 bits per heavy atom. The van der Waals surface area contributed by atoms with Crippen LogP contribution in [0.5, 0.6) is 0 Å². The molecule has 2 nitrogen and oxygen atoms in total. The molecule has 0 fully saturated rings. The van der Waals surface area contributed by atoms with E-state index in [-0.39, 0.29) is 37.7 Å². The van der Waals surface area contributed by atoms with Crippen LogP contribution >= 0.6 is 14.3 Å². The summed E-state index contributed by atoms with van der Waals surface area (Å²) in [5, 5.41) is 5.45. The molecule has 30 heavy (non-hydrogen) atoms. The minimum absolute atomic E-state index is 0. The normalized spacial score (nSPS) is 11.7. The molecule has 0 atom stereocenters. The smallest absolute Gasteiger partial charge is 0.321 e. The number of rotatable bonds is 3. The Balaban J connectivity index is 0.00000160. The minimum atomic E-state index is -2.63. The number of fused-ring (bicyclic) bond motifs is 2. The zero-order valence-electron chi connectivity index (χ0n) is 18.5. The number of benzene rings is 4. The van der Waals surface area contributed by atoms with Gasteiger partial charge in [0.2, 0.25) is 0 Å². The fourth-order valence-electron chi connectivity index (χ4n) is 3.75. The molecule has 4 aromatic carbocycles. The van der Waals surface area contributed by atoms with Gasteiger partial charge in [-0.2, -0.15) is 35.4 Å². The molecule has 4 rings (SSSR count). The van der Waals surface area contributed by atoms with Gasteiger partial charge in [-0.15, -0.1) is 44.3 Å². The Morgan fingerprint density at radius 3 is 1.27 bits per heavy atom. The van der Waals surface area contributed by atoms with E-state index in [1.165, 1.54) is 0 Å². The van der Waals surface area contributed by atoms with Crippen molar-refractivity contribution in [2.45, 2.75) is 0 Å². The van der Waals surface area contributed by atoms with Crippen molar-refractivity contribution >= 4 is 46.4 Å². The second-order valence-electron chi connectivity index (χ2n) is 7.90. The Morgan fingerprint density at radius 2 is 0.933 bits per heavy atom. The van der Waals surface area contributed by atoms with Crippen LogP contribution in [-0.4, -0.2) is 26.7 Å². The first-order chi connectivity index (χ1) is 13.2. The fraction of sp³-hybridized carbons (Fsp3) is 0.167. The van der Waals surface area contributed by atoms with Crippen LogP contribution in [0, 0.1) is 12.1 Å². The molecule has 142 valence electrons. The van der Waals surface area contributed by atoms with Crippen LogP contribution in [0.2, 0.25) is 0 Å². The largest absolute Gasteiger partial charge is 1.00 e. The van der Waals surface area contributed by atoms with Gasteiger partial charge in [-0.3, -0.25) is 0 Å². The summed E-state index contributed by atoms with van der Waals surface area (Å²) in [6, 6.07) is 26.5. The van der Waals surface area contributed by atoms with E-state index in [1.807, 2.05) is 60.7 Å². The summed E-state index contributed by atoms with van der Waals surface area (Å²) in [4.78, 5) is 0. The van der Waals surface area contributed by atoms with Gasteiger partial charge < -0.3 is 9.13 Å². The predicted molar refractivity (Wildman–Crippen MR) is 123 cm³/mol. The van der Waals surface area contributed by atoms with Crippen molar-refractivity contribution < 1.29 is 46.9 Å². The molecule has 0 saturated heterocycles. The first kappa shape index (κ1) is 25.3. The van der Waals surface area contributed by atoms with E-state index < -0.39 is 14.3 Å². The van der Waals surface area contributed by atoms with Crippen LogP contribution in [0.4, 0.5) is 0 Å².